The number of aromatic nitrogens is 3. The van der Waals surface area contributed by atoms with Crippen molar-refractivity contribution in [2.75, 3.05) is 25.7 Å². The van der Waals surface area contributed by atoms with Crippen molar-refractivity contribution in [3.63, 3.8) is 0 Å². The van der Waals surface area contributed by atoms with Crippen molar-refractivity contribution < 1.29 is 19.1 Å². The second-order valence-corrected chi connectivity index (χ2v) is 8.13. The van der Waals surface area contributed by atoms with Gasteiger partial charge in [0.15, 0.2) is 5.78 Å². The summed E-state index contributed by atoms with van der Waals surface area (Å²) in [5, 5.41) is 8.10. The van der Waals surface area contributed by atoms with Crippen LogP contribution >= 0.6 is 23.5 Å². The average molecular weight is 406 g/mol. The molecule has 0 aliphatic carbocycles. The first-order valence-electron chi connectivity index (χ1n) is 8.28. The fourth-order valence-corrected chi connectivity index (χ4v) is 5.10. The molecule has 2 aromatic rings. The molecule has 3 rings (SSSR count). The Hall–Kier alpha value is -2.26. The van der Waals surface area contributed by atoms with Crippen molar-refractivity contribution in [2.24, 2.45) is 0 Å². The summed E-state index contributed by atoms with van der Waals surface area (Å²) in [6.45, 7) is 0.0312. The molecule has 7 nitrogen and oxygen atoms in total. The molecule has 0 N–H and O–H groups in total. The summed E-state index contributed by atoms with van der Waals surface area (Å²) >= 11 is 3.24. The first-order valence-corrected chi connectivity index (χ1v) is 10.3. The van der Waals surface area contributed by atoms with Gasteiger partial charge in [0.1, 0.15) is 23.6 Å². The summed E-state index contributed by atoms with van der Waals surface area (Å²) in [6.07, 6.45) is 2.70. The molecule has 1 aliphatic rings. The van der Waals surface area contributed by atoms with E-state index in [0.717, 1.165) is 22.2 Å². The molecular weight excluding hydrogens is 386 g/mol. The SMILES string of the molecule is COC(=O)C(=C1SCCCS1)c1cn(CC(=O)c2ccc(OC)cc2)nn1. The number of benzene rings is 1. The summed E-state index contributed by atoms with van der Waals surface area (Å²) in [7, 11) is 2.92. The number of carbonyl (C=O) groups is 2. The maximum absolute atomic E-state index is 12.4. The van der Waals surface area contributed by atoms with E-state index in [9.17, 15) is 9.59 Å². The summed E-state index contributed by atoms with van der Waals surface area (Å²) in [4.78, 5) is 24.7. The number of ether oxygens (including phenoxy) is 2. The minimum atomic E-state index is -0.444. The molecule has 0 spiro atoms. The van der Waals surface area contributed by atoms with Gasteiger partial charge >= 0.3 is 5.97 Å². The first-order chi connectivity index (χ1) is 13.1. The number of esters is 1. The van der Waals surface area contributed by atoms with Gasteiger partial charge in [-0.25, -0.2) is 9.48 Å². The molecule has 1 aliphatic heterocycles. The van der Waals surface area contributed by atoms with Crippen LogP contribution in [0.5, 0.6) is 5.75 Å². The van der Waals surface area contributed by atoms with Crippen LogP contribution in [-0.4, -0.2) is 52.5 Å². The zero-order valence-corrected chi connectivity index (χ0v) is 16.6. The van der Waals surface area contributed by atoms with Crippen molar-refractivity contribution in [2.45, 2.75) is 13.0 Å². The lowest BCUT2D eigenvalue weighted by molar-refractivity contribution is -0.133. The van der Waals surface area contributed by atoms with Crippen LogP contribution in [0.2, 0.25) is 0 Å². The highest BCUT2D eigenvalue weighted by atomic mass is 32.2. The first kappa shape index (κ1) is 19.5. The van der Waals surface area contributed by atoms with Gasteiger partial charge in [0, 0.05) is 5.56 Å². The van der Waals surface area contributed by atoms with Gasteiger partial charge in [-0.15, -0.1) is 28.6 Å². The van der Waals surface area contributed by atoms with Crippen molar-refractivity contribution in [3.05, 3.63) is 46.0 Å². The fourth-order valence-electron chi connectivity index (χ4n) is 2.47. The number of methoxy groups -OCH3 is 2. The molecule has 142 valence electrons. The number of carbonyl (C=O) groups excluding carboxylic acids is 2. The van der Waals surface area contributed by atoms with Crippen molar-refractivity contribution >= 4 is 40.8 Å². The van der Waals surface area contributed by atoms with Crippen LogP contribution in [0.1, 0.15) is 22.5 Å². The molecule has 0 radical (unpaired) electrons. The second-order valence-electron chi connectivity index (χ2n) is 5.66. The predicted molar refractivity (Wildman–Crippen MR) is 106 cm³/mol. The third-order valence-corrected chi connectivity index (χ3v) is 6.49. The molecule has 1 aromatic carbocycles. The van der Waals surface area contributed by atoms with Gasteiger partial charge < -0.3 is 9.47 Å². The van der Waals surface area contributed by atoms with E-state index in [1.54, 1.807) is 61.1 Å². The Morgan fingerprint density at radius 3 is 2.48 bits per heavy atom. The molecule has 1 aromatic heterocycles. The molecule has 0 saturated carbocycles. The number of hydrogen-bond donors (Lipinski definition) is 0. The normalized spacial score (nSPS) is 13.9. The van der Waals surface area contributed by atoms with Crippen molar-refractivity contribution in [3.8, 4) is 5.75 Å². The van der Waals surface area contributed by atoms with E-state index in [0.29, 0.717) is 22.6 Å². The van der Waals surface area contributed by atoms with Crippen molar-refractivity contribution in [1.82, 2.24) is 15.0 Å². The zero-order chi connectivity index (χ0) is 19.2. The van der Waals surface area contributed by atoms with Crippen LogP contribution in [0.4, 0.5) is 0 Å². The van der Waals surface area contributed by atoms with E-state index in [4.69, 9.17) is 9.47 Å². The lowest BCUT2D eigenvalue weighted by atomic mass is 10.1. The zero-order valence-electron chi connectivity index (χ0n) is 15.0. The van der Waals surface area contributed by atoms with Crippen LogP contribution in [-0.2, 0) is 16.1 Å². The van der Waals surface area contributed by atoms with Gasteiger partial charge in [-0.1, -0.05) is 5.21 Å². The smallest absolute Gasteiger partial charge is 0.341 e. The Morgan fingerprint density at radius 1 is 1.15 bits per heavy atom. The molecule has 0 unspecified atom stereocenters. The Kier molecular flexibility index (Phi) is 6.57. The number of ketones is 1. The molecule has 0 amide bonds. The lowest BCUT2D eigenvalue weighted by Crippen LogP contribution is -2.11. The maximum Gasteiger partial charge on any atom is 0.341 e. The molecule has 1 fully saturated rings. The highest BCUT2D eigenvalue weighted by Gasteiger charge is 2.24. The Morgan fingerprint density at radius 2 is 1.85 bits per heavy atom. The summed E-state index contributed by atoms with van der Waals surface area (Å²) in [5.74, 6) is 2.04. The molecule has 9 heteroatoms. The van der Waals surface area contributed by atoms with E-state index >= 15 is 0 Å². The second kappa shape index (κ2) is 9.09. The average Bonchev–Trinajstić information content (AvgIpc) is 3.16. The van der Waals surface area contributed by atoms with Crippen LogP contribution in [0, 0.1) is 0 Å². The van der Waals surface area contributed by atoms with Crippen LogP contribution in [0.3, 0.4) is 0 Å². The van der Waals surface area contributed by atoms with Crippen molar-refractivity contribution in [1.29, 1.82) is 0 Å². The number of nitrogens with zero attached hydrogens (tertiary/aromatic N) is 3. The number of hydrogen-bond acceptors (Lipinski definition) is 8. The van der Waals surface area contributed by atoms with E-state index in [1.165, 1.54) is 11.8 Å². The Labute approximate surface area is 165 Å². The predicted octanol–water partition coefficient (Wildman–Crippen LogP) is 2.88. The molecule has 0 bridgehead atoms. The third-order valence-electron chi connectivity index (χ3n) is 3.86. The molecule has 0 atom stereocenters. The number of Topliss-reactive ketones (excluding diaryl/α,β-unsaturated/α-hetero) is 1. The lowest BCUT2D eigenvalue weighted by Gasteiger charge is -2.15. The van der Waals surface area contributed by atoms with Crippen LogP contribution < -0.4 is 4.74 Å². The largest absolute Gasteiger partial charge is 0.497 e. The maximum atomic E-state index is 12.4. The topological polar surface area (TPSA) is 83.3 Å². The Bertz CT molecular complexity index is 854. The van der Waals surface area contributed by atoms with Gasteiger partial charge in [0.2, 0.25) is 0 Å². The van der Waals surface area contributed by atoms with Crippen LogP contribution in [0.25, 0.3) is 5.57 Å². The quantitative estimate of drug-likeness (QED) is 0.412. The summed E-state index contributed by atoms with van der Waals surface area (Å²) < 4.78 is 12.3. The summed E-state index contributed by atoms with van der Waals surface area (Å²) in [6, 6.07) is 6.88. The van der Waals surface area contributed by atoms with Gasteiger partial charge in [-0.3, -0.25) is 4.79 Å². The van der Waals surface area contributed by atoms with E-state index in [1.807, 2.05) is 0 Å². The highest BCUT2D eigenvalue weighted by molar-refractivity contribution is 8.23. The van der Waals surface area contributed by atoms with E-state index < -0.39 is 5.97 Å². The minimum Gasteiger partial charge on any atom is -0.497 e. The third kappa shape index (κ3) is 4.72. The molecule has 2 heterocycles. The Balaban J connectivity index is 1.79. The molecular formula is C18H19N3O4S2. The monoisotopic (exact) mass is 405 g/mol. The van der Waals surface area contributed by atoms with Crippen LogP contribution in [0.15, 0.2) is 34.7 Å². The standard InChI is InChI=1S/C18H19N3O4S2/c1-24-13-6-4-12(5-7-13)15(22)11-21-10-14(19-20-21)16(17(23)25-2)18-26-8-3-9-27-18/h4-7,10H,3,8-9,11H2,1-2H3. The molecule has 1 saturated heterocycles. The van der Waals surface area contributed by atoms with E-state index in [2.05, 4.69) is 10.3 Å². The molecule has 27 heavy (non-hydrogen) atoms. The van der Waals surface area contributed by atoms with E-state index in [-0.39, 0.29) is 12.3 Å². The van der Waals surface area contributed by atoms with Gasteiger partial charge in [-0.2, -0.15) is 0 Å². The van der Waals surface area contributed by atoms with Gasteiger partial charge in [0.05, 0.1) is 24.7 Å². The van der Waals surface area contributed by atoms with Gasteiger partial charge in [0.25, 0.3) is 0 Å². The van der Waals surface area contributed by atoms with Gasteiger partial charge in [-0.05, 0) is 42.2 Å². The number of rotatable bonds is 6. The summed E-state index contributed by atoms with van der Waals surface area (Å²) in [5.41, 5.74) is 1.38. The fraction of sp³-hybridized carbons (Fsp3) is 0.333. The minimum absolute atomic E-state index is 0.0312. The number of thioether (sulfide) groups is 2. The highest BCUT2D eigenvalue weighted by Crippen LogP contribution is 2.40.